The van der Waals surface area contributed by atoms with E-state index in [4.69, 9.17) is 14.8 Å². The summed E-state index contributed by atoms with van der Waals surface area (Å²) >= 11 is 1.60. The molecule has 1 aliphatic heterocycles. The average molecular weight is 544 g/mol. The van der Waals surface area contributed by atoms with E-state index in [1.807, 2.05) is 61.5 Å². The molecule has 0 radical (unpaired) electrons. The lowest BCUT2D eigenvalue weighted by molar-refractivity contribution is -0.113. The number of aromatic nitrogens is 3. The van der Waals surface area contributed by atoms with Gasteiger partial charge in [-0.2, -0.15) is 4.98 Å². The number of nitrogens with zero attached hydrogens (tertiary/aromatic N) is 3. The predicted octanol–water partition coefficient (Wildman–Crippen LogP) is 6.82. The molecule has 1 atom stereocenters. The standard InChI is InChI=1S/C30H30FN5O2S/c1-3-4-18-39-30-34-29-32-20(2)26(28(37)33-23-11-6-5-7-12-23)27(36(29)35-30)21-14-16-24(17-15-21)38-19-22-10-8-9-13-25(22)31/h5-17,27H,3-4,18-19H2,1-2H3,(H,33,37)(H,32,34,35). The second kappa shape index (κ2) is 12.2. The SMILES string of the molecule is CCCCSc1nc2n(n1)C(c1ccc(OCc3ccccc3F)cc1)C(C(=O)Nc1ccccc1)=C(C)N2. The summed E-state index contributed by atoms with van der Waals surface area (Å²) in [6.07, 6.45) is 2.17. The van der Waals surface area contributed by atoms with Crippen LogP contribution in [0.5, 0.6) is 5.75 Å². The Morgan fingerprint density at radius 3 is 2.56 bits per heavy atom. The summed E-state index contributed by atoms with van der Waals surface area (Å²) in [5, 5.41) is 11.7. The Hall–Kier alpha value is -4.11. The van der Waals surface area contributed by atoms with Gasteiger partial charge in [-0.3, -0.25) is 4.79 Å². The van der Waals surface area contributed by atoms with Crippen molar-refractivity contribution in [3.05, 3.63) is 107 Å². The molecular weight excluding hydrogens is 513 g/mol. The van der Waals surface area contributed by atoms with Crippen molar-refractivity contribution in [3.8, 4) is 5.75 Å². The molecule has 0 saturated heterocycles. The van der Waals surface area contributed by atoms with Gasteiger partial charge in [-0.25, -0.2) is 9.07 Å². The number of ether oxygens (including phenoxy) is 1. The molecule has 0 fully saturated rings. The van der Waals surface area contributed by atoms with Crippen LogP contribution in [0.25, 0.3) is 0 Å². The average Bonchev–Trinajstić information content (AvgIpc) is 3.35. The van der Waals surface area contributed by atoms with Crippen LogP contribution in [-0.2, 0) is 11.4 Å². The maximum atomic E-state index is 14.0. The number of thioether (sulfide) groups is 1. The van der Waals surface area contributed by atoms with Gasteiger partial charge in [0.1, 0.15) is 24.2 Å². The lowest BCUT2D eigenvalue weighted by Crippen LogP contribution is -2.31. The fourth-order valence-corrected chi connectivity index (χ4v) is 5.26. The summed E-state index contributed by atoms with van der Waals surface area (Å²) < 4.78 is 21.6. The Morgan fingerprint density at radius 2 is 1.82 bits per heavy atom. The molecular formula is C30H30FN5O2S. The van der Waals surface area contributed by atoms with E-state index in [0.717, 1.165) is 24.2 Å². The van der Waals surface area contributed by atoms with E-state index in [2.05, 4.69) is 17.6 Å². The molecule has 0 spiro atoms. The van der Waals surface area contributed by atoms with Crippen LogP contribution >= 0.6 is 11.8 Å². The topological polar surface area (TPSA) is 81.1 Å². The molecule has 9 heteroatoms. The Bertz CT molecular complexity index is 1470. The van der Waals surface area contributed by atoms with E-state index in [0.29, 0.717) is 39.4 Å². The zero-order chi connectivity index (χ0) is 27.2. The van der Waals surface area contributed by atoms with E-state index in [9.17, 15) is 9.18 Å². The third-order valence-electron chi connectivity index (χ3n) is 6.39. The van der Waals surface area contributed by atoms with E-state index >= 15 is 0 Å². The van der Waals surface area contributed by atoms with Gasteiger partial charge in [-0.15, -0.1) is 5.10 Å². The number of halogens is 1. The van der Waals surface area contributed by atoms with Crippen LogP contribution in [0.15, 0.2) is 95.3 Å². The van der Waals surface area contributed by atoms with E-state index in [1.165, 1.54) is 6.07 Å². The highest BCUT2D eigenvalue weighted by Crippen LogP contribution is 2.37. The van der Waals surface area contributed by atoms with Gasteiger partial charge in [-0.05, 0) is 49.2 Å². The van der Waals surface area contributed by atoms with Crippen molar-refractivity contribution >= 4 is 29.3 Å². The molecule has 1 amide bonds. The highest BCUT2D eigenvalue weighted by atomic mass is 32.2. The van der Waals surface area contributed by atoms with Gasteiger partial charge >= 0.3 is 0 Å². The molecule has 1 aliphatic rings. The smallest absolute Gasteiger partial charge is 0.255 e. The third-order valence-corrected chi connectivity index (χ3v) is 7.31. The van der Waals surface area contributed by atoms with E-state index in [-0.39, 0.29) is 18.3 Å². The number of hydrogen-bond donors (Lipinski definition) is 2. The Labute approximate surface area is 231 Å². The van der Waals surface area contributed by atoms with Crippen LogP contribution in [-0.4, -0.2) is 26.4 Å². The quantitative estimate of drug-likeness (QED) is 0.169. The van der Waals surface area contributed by atoms with Gasteiger partial charge in [-0.1, -0.05) is 73.6 Å². The van der Waals surface area contributed by atoms with Gasteiger partial charge in [0.2, 0.25) is 11.1 Å². The lowest BCUT2D eigenvalue weighted by Gasteiger charge is -2.28. The zero-order valence-corrected chi connectivity index (χ0v) is 22.7. The number of rotatable bonds is 10. The molecule has 0 saturated carbocycles. The van der Waals surface area contributed by atoms with Crippen molar-refractivity contribution in [2.45, 2.75) is 44.5 Å². The number of amides is 1. The number of anilines is 2. The van der Waals surface area contributed by atoms with Gasteiger partial charge in [0.05, 0.1) is 5.57 Å². The highest BCUT2D eigenvalue weighted by Gasteiger charge is 2.34. The zero-order valence-electron chi connectivity index (χ0n) is 21.9. The van der Waals surface area contributed by atoms with Crippen LogP contribution in [0.4, 0.5) is 16.0 Å². The number of unbranched alkanes of at least 4 members (excludes halogenated alkanes) is 1. The molecule has 3 aromatic carbocycles. The highest BCUT2D eigenvalue weighted by molar-refractivity contribution is 7.99. The molecule has 1 unspecified atom stereocenters. The van der Waals surface area contributed by atoms with Crippen molar-refractivity contribution in [1.82, 2.24) is 14.8 Å². The molecule has 4 aromatic rings. The molecule has 7 nitrogen and oxygen atoms in total. The molecule has 5 rings (SSSR count). The molecule has 200 valence electrons. The van der Waals surface area contributed by atoms with Gasteiger partial charge in [0, 0.05) is 22.7 Å². The third kappa shape index (κ3) is 6.15. The predicted molar refractivity (Wildman–Crippen MR) is 152 cm³/mol. The second-order valence-corrected chi connectivity index (χ2v) is 10.3. The summed E-state index contributed by atoms with van der Waals surface area (Å²) in [5.41, 5.74) is 3.29. The Morgan fingerprint density at radius 1 is 1.08 bits per heavy atom. The minimum Gasteiger partial charge on any atom is -0.489 e. The van der Waals surface area contributed by atoms with Crippen molar-refractivity contribution < 1.29 is 13.9 Å². The maximum Gasteiger partial charge on any atom is 0.255 e. The summed E-state index contributed by atoms with van der Waals surface area (Å²) in [4.78, 5) is 18.3. The van der Waals surface area contributed by atoms with Crippen molar-refractivity contribution in [3.63, 3.8) is 0 Å². The number of para-hydroxylation sites is 1. The molecule has 1 aromatic heterocycles. The first-order valence-electron chi connectivity index (χ1n) is 12.9. The van der Waals surface area contributed by atoms with Gasteiger partial charge < -0.3 is 15.4 Å². The Balaban J connectivity index is 1.44. The fourth-order valence-electron chi connectivity index (χ4n) is 4.35. The fraction of sp³-hybridized carbons (Fsp3) is 0.233. The monoisotopic (exact) mass is 543 g/mol. The number of benzene rings is 3. The van der Waals surface area contributed by atoms with Crippen LogP contribution in [0.3, 0.4) is 0 Å². The normalized spacial score (nSPS) is 14.5. The number of nitrogens with one attached hydrogen (secondary N) is 2. The lowest BCUT2D eigenvalue weighted by atomic mass is 9.95. The van der Waals surface area contributed by atoms with Crippen LogP contribution in [0.2, 0.25) is 0 Å². The molecule has 0 aliphatic carbocycles. The first-order chi connectivity index (χ1) is 19.0. The first kappa shape index (κ1) is 26.5. The van der Waals surface area contributed by atoms with E-state index in [1.54, 1.807) is 34.6 Å². The number of carbonyl (C=O) groups is 1. The van der Waals surface area contributed by atoms with Gasteiger partial charge in [0.15, 0.2) is 0 Å². The van der Waals surface area contributed by atoms with Crippen molar-refractivity contribution in [2.75, 3.05) is 16.4 Å². The van der Waals surface area contributed by atoms with Crippen LogP contribution in [0, 0.1) is 5.82 Å². The number of fused-ring (bicyclic) bond motifs is 1. The summed E-state index contributed by atoms with van der Waals surface area (Å²) in [5.74, 6) is 1.59. The molecule has 39 heavy (non-hydrogen) atoms. The van der Waals surface area contributed by atoms with Gasteiger partial charge in [0.25, 0.3) is 5.91 Å². The second-order valence-electron chi connectivity index (χ2n) is 9.20. The minimum absolute atomic E-state index is 0.120. The molecule has 2 heterocycles. The van der Waals surface area contributed by atoms with Crippen LogP contribution < -0.4 is 15.4 Å². The van der Waals surface area contributed by atoms with Crippen molar-refractivity contribution in [2.24, 2.45) is 0 Å². The number of allylic oxidation sites excluding steroid dienone is 1. The number of hydrogen-bond acceptors (Lipinski definition) is 6. The summed E-state index contributed by atoms with van der Waals surface area (Å²) in [7, 11) is 0. The molecule has 0 bridgehead atoms. The Kier molecular flexibility index (Phi) is 8.27. The minimum atomic E-state index is -0.501. The maximum absolute atomic E-state index is 14.0. The summed E-state index contributed by atoms with van der Waals surface area (Å²) in [6.45, 7) is 4.15. The number of carbonyl (C=O) groups excluding carboxylic acids is 1. The molecule has 2 N–H and O–H groups in total. The van der Waals surface area contributed by atoms with Crippen LogP contribution in [0.1, 0.15) is 43.9 Å². The van der Waals surface area contributed by atoms with Crippen molar-refractivity contribution in [1.29, 1.82) is 0 Å². The summed E-state index contributed by atoms with van der Waals surface area (Å²) in [6, 6.07) is 22.9. The van der Waals surface area contributed by atoms with E-state index < -0.39 is 6.04 Å². The first-order valence-corrected chi connectivity index (χ1v) is 13.9. The largest absolute Gasteiger partial charge is 0.489 e.